The highest BCUT2D eigenvalue weighted by atomic mass is 16.4. The Bertz CT molecular complexity index is 298. The first kappa shape index (κ1) is 12.2. The quantitative estimate of drug-likeness (QED) is 0.724. The van der Waals surface area contributed by atoms with Gasteiger partial charge in [-0.2, -0.15) is 0 Å². The molecule has 6 heteroatoms. The number of aliphatic carboxylic acids is 1. The molecule has 1 saturated carbocycles. The van der Waals surface area contributed by atoms with Crippen LogP contribution >= 0.6 is 0 Å². The number of carboxylic acids is 1. The van der Waals surface area contributed by atoms with Gasteiger partial charge in [-0.15, -0.1) is 0 Å². The van der Waals surface area contributed by atoms with Crippen molar-refractivity contribution in [3.8, 4) is 0 Å². The maximum atomic E-state index is 12.2. The summed E-state index contributed by atoms with van der Waals surface area (Å²) < 4.78 is 0. The van der Waals surface area contributed by atoms with E-state index in [-0.39, 0.29) is 18.5 Å². The van der Waals surface area contributed by atoms with E-state index in [1.54, 1.807) is 4.90 Å². The SMILES string of the molecule is O=C(O)CCN(C(=O)N1CCNCC1)C1CC1. The van der Waals surface area contributed by atoms with Gasteiger partial charge in [0.15, 0.2) is 0 Å². The van der Waals surface area contributed by atoms with Crippen molar-refractivity contribution in [2.75, 3.05) is 32.7 Å². The van der Waals surface area contributed by atoms with Crippen LogP contribution in [0, 0.1) is 0 Å². The van der Waals surface area contributed by atoms with Crippen molar-refractivity contribution in [2.45, 2.75) is 25.3 Å². The van der Waals surface area contributed by atoms with E-state index >= 15 is 0 Å². The highest BCUT2D eigenvalue weighted by molar-refractivity contribution is 5.76. The van der Waals surface area contributed by atoms with Crippen molar-refractivity contribution in [3.05, 3.63) is 0 Å². The lowest BCUT2D eigenvalue weighted by Crippen LogP contribution is -2.52. The van der Waals surface area contributed by atoms with Gasteiger partial charge in [0.25, 0.3) is 0 Å². The number of rotatable bonds is 4. The molecule has 0 spiro atoms. The number of carbonyl (C=O) groups is 2. The molecule has 0 aromatic rings. The summed E-state index contributed by atoms with van der Waals surface area (Å²) >= 11 is 0. The molecule has 2 aliphatic rings. The number of urea groups is 1. The Morgan fingerprint density at radius 3 is 2.47 bits per heavy atom. The monoisotopic (exact) mass is 241 g/mol. The zero-order valence-corrected chi connectivity index (χ0v) is 9.89. The van der Waals surface area contributed by atoms with Crippen molar-refractivity contribution < 1.29 is 14.7 Å². The lowest BCUT2D eigenvalue weighted by atomic mass is 10.3. The van der Waals surface area contributed by atoms with Gasteiger partial charge in [-0.25, -0.2) is 4.79 Å². The number of nitrogens with one attached hydrogen (secondary N) is 1. The lowest BCUT2D eigenvalue weighted by molar-refractivity contribution is -0.137. The molecule has 6 nitrogen and oxygen atoms in total. The summed E-state index contributed by atoms with van der Waals surface area (Å²) in [5.41, 5.74) is 0. The molecule has 17 heavy (non-hydrogen) atoms. The number of hydrogen-bond donors (Lipinski definition) is 2. The van der Waals surface area contributed by atoms with E-state index in [1.807, 2.05) is 4.90 Å². The third-order valence-corrected chi connectivity index (χ3v) is 3.19. The zero-order chi connectivity index (χ0) is 12.3. The van der Waals surface area contributed by atoms with Gasteiger partial charge in [0.05, 0.1) is 6.42 Å². The zero-order valence-electron chi connectivity index (χ0n) is 9.89. The first-order valence-corrected chi connectivity index (χ1v) is 6.16. The van der Waals surface area contributed by atoms with Crippen molar-refractivity contribution in [1.82, 2.24) is 15.1 Å². The molecule has 0 radical (unpaired) electrons. The average Bonchev–Trinajstić information content (AvgIpc) is 3.14. The molecule has 0 atom stereocenters. The van der Waals surface area contributed by atoms with Crippen LogP contribution in [0.4, 0.5) is 4.79 Å². The molecule has 1 saturated heterocycles. The Balaban J connectivity index is 1.89. The van der Waals surface area contributed by atoms with E-state index in [2.05, 4.69) is 5.32 Å². The smallest absolute Gasteiger partial charge is 0.320 e. The molecule has 2 rings (SSSR count). The molecule has 2 amide bonds. The predicted molar refractivity (Wildman–Crippen MR) is 61.8 cm³/mol. The van der Waals surface area contributed by atoms with Crippen LogP contribution in [0.2, 0.25) is 0 Å². The van der Waals surface area contributed by atoms with E-state index in [4.69, 9.17) is 5.11 Å². The van der Waals surface area contributed by atoms with Crippen LogP contribution in [-0.2, 0) is 4.79 Å². The Hall–Kier alpha value is -1.30. The van der Waals surface area contributed by atoms with Crippen molar-refractivity contribution in [3.63, 3.8) is 0 Å². The summed E-state index contributed by atoms with van der Waals surface area (Å²) in [5, 5.41) is 11.9. The van der Waals surface area contributed by atoms with E-state index in [0.717, 1.165) is 39.0 Å². The fourth-order valence-electron chi connectivity index (χ4n) is 2.07. The average molecular weight is 241 g/mol. The maximum Gasteiger partial charge on any atom is 0.320 e. The molecule has 0 aromatic heterocycles. The highest BCUT2D eigenvalue weighted by Gasteiger charge is 2.35. The molecule has 1 heterocycles. The number of carbonyl (C=O) groups excluding carboxylic acids is 1. The van der Waals surface area contributed by atoms with E-state index < -0.39 is 5.97 Å². The van der Waals surface area contributed by atoms with Crippen LogP contribution in [0.5, 0.6) is 0 Å². The minimum Gasteiger partial charge on any atom is -0.481 e. The maximum absolute atomic E-state index is 12.2. The summed E-state index contributed by atoms with van der Waals surface area (Å²) in [6.45, 7) is 3.42. The number of hydrogen-bond acceptors (Lipinski definition) is 3. The van der Waals surface area contributed by atoms with Gasteiger partial charge in [0.2, 0.25) is 0 Å². The Morgan fingerprint density at radius 2 is 1.94 bits per heavy atom. The fraction of sp³-hybridized carbons (Fsp3) is 0.818. The summed E-state index contributed by atoms with van der Waals surface area (Å²) in [5.74, 6) is -0.844. The molecule has 0 unspecified atom stereocenters. The second-order valence-electron chi connectivity index (χ2n) is 4.59. The summed E-state index contributed by atoms with van der Waals surface area (Å²) in [6, 6.07) is 0.284. The van der Waals surface area contributed by atoms with Crippen LogP contribution in [-0.4, -0.2) is 65.7 Å². The standard InChI is InChI=1S/C11H19N3O3/c15-10(16)3-6-14(9-1-2-9)11(17)13-7-4-12-5-8-13/h9,12H,1-8H2,(H,15,16). The molecule has 0 aromatic carbocycles. The molecule has 1 aliphatic carbocycles. The molecule has 2 N–H and O–H groups in total. The van der Waals surface area contributed by atoms with E-state index in [9.17, 15) is 9.59 Å². The molecule has 0 bridgehead atoms. The topological polar surface area (TPSA) is 72.9 Å². The second kappa shape index (κ2) is 5.35. The molecule has 96 valence electrons. The van der Waals surface area contributed by atoms with Crippen LogP contribution in [0.15, 0.2) is 0 Å². The molecule has 2 fully saturated rings. The number of carboxylic acid groups (broad SMARTS) is 1. The van der Waals surface area contributed by atoms with Crippen LogP contribution in [0.3, 0.4) is 0 Å². The third kappa shape index (κ3) is 3.33. The predicted octanol–water partition coefficient (Wildman–Crippen LogP) is -0.0493. The van der Waals surface area contributed by atoms with Crippen molar-refractivity contribution in [1.29, 1.82) is 0 Å². The van der Waals surface area contributed by atoms with Gasteiger partial charge >= 0.3 is 12.0 Å². The van der Waals surface area contributed by atoms with Crippen LogP contribution in [0.1, 0.15) is 19.3 Å². The summed E-state index contributed by atoms with van der Waals surface area (Å²) in [6.07, 6.45) is 2.06. The van der Waals surface area contributed by atoms with Gasteiger partial charge in [0.1, 0.15) is 0 Å². The Kier molecular flexibility index (Phi) is 3.83. The fourth-order valence-corrected chi connectivity index (χ4v) is 2.07. The van der Waals surface area contributed by atoms with Crippen molar-refractivity contribution >= 4 is 12.0 Å². The number of nitrogens with zero attached hydrogens (tertiary/aromatic N) is 2. The van der Waals surface area contributed by atoms with Gasteiger partial charge in [0, 0.05) is 38.8 Å². The Morgan fingerprint density at radius 1 is 1.29 bits per heavy atom. The number of amides is 2. The number of piperazine rings is 1. The molecule has 1 aliphatic heterocycles. The first-order valence-electron chi connectivity index (χ1n) is 6.16. The van der Waals surface area contributed by atoms with Crippen LogP contribution < -0.4 is 5.32 Å². The third-order valence-electron chi connectivity index (χ3n) is 3.19. The van der Waals surface area contributed by atoms with Crippen LogP contribution in [0.25, 0.3) is 0 Å². The largest absolute Gasteiger partial charge is 0.481 e. The van der Waals surface area contributed by atoms with Gasteiger partial charge < -0.3 is 20.2 Å². The lowest BCUT2D eigenvalue weighted by Gasteiger charge is -2.33. The van der Waals surface area contributed by atoms with E-state index in [0.29, 0.717) is 6.54 Å². The first-order chi connectivity index (χ1) is 8.18. The Labute approximate surface area is 101 Å². The normalized spacial score (nSPS) is 20.1. The minimum absolute atomic E-state index is 0.00949. The molecular formula is C11H19N3O3. The second-order valence-corrected chi connectivity index (χ2v) is 4.59. The van der Waals surface area contributed by atoms with Gasteiger partial charge in [-0.3, -0.25) is 4.79 Å². The van der Waals surface area contributed by atoms with Crippen molar-refractivity contribution in [2.24, 2.45) is 0 Å². The highest BCUT2D eigenvalue weighted by Crippen LogP contribution is 2.28. The summed E-state index contributed by atoms with van der Waals surface area (Å²) in [4.78, 5) is 26.4. The van der Waals surface area contributed by atoms with E-state index in [1.165, 1.54) is 0 Å². The summed E-state index contributed by atoms with van der Waals surface area (Å²) in [7, 11) is 0. The minimum atomic E-state index is -0.844. The molecular weight excluding hydrogens is 222 g/mol. The van der Waals surface area contributed by atoms with Gasteiger partial charge in [-0.05, 0) is 12.8 Å². The van der Waals surface area contributed by atoms with Gasteiger partial charge in [-0.1, -0.05) is 0 Å².